The van der Waals surface area contributed by atoms with Crippen LogP contribution in [0.15, 0.2) is 36.7 Å². The first-order valence-electron chi connectivity index (χ1n) is 7.74. The predicted octanol–water partition coefficient (Wildman–Crippen LogP) is 3.96. The molecule has 6 heteroatoms. The van der Waals surface area contributed by atoms with Crippen LogP contribution in [0.3, 0.4) is 0 Å². The molecule has 3 rings (SSSR count). The van der Waals surface area contributed by atoms with Crippen molar-refractivity contribution in [2.75, 3.05) is 13.1 Å². The number of hydrogen-bond donors (Lipinski definition) is 0. The van der Waals surface area contributed by atoms with E-state index in [0.717, 1.165) is 43.9 Å². The van der Waals surface area contributed by atoms with Gasteiger partial charge in [-0.3, -0.25) is 14.9 Å². The van der Waals surface area contributed by atoms with Crippen molar-refractivity contribution in [3.8, 4) is 0 Å². The summed E-state index contributed by atoms with van der Waals surface area (Å²) in [6.07, 6.45) is 5.84. The molecule has 0 aromatic carbocycles. The second-order valence-corrected chi connectivity index (χ2v) is 6.56. The van der Waals surface area contributed by atoms with E-state index < -0.39 is 0 Å². The maximum absolute atomic E-state index is 6.21. The molecule has 122 valence electrons. The van der Waals surface area contributed by atoms with Gasteiger partial charge < -0.3 is 4.74 Å². The van der Waals surface area contributed by atoms with Gasteiger partial charge in [0, 0.05) is 25.5 Å². The lowest BCUT2D eigenvalue weighted by Crippen LogP contribution is -2.39. The summed E-state index contributed by atoms with van der Waals surface area (Å²) >= 11 is 12.1. The molecule has 0 aliphatic carbocycles. The van der Waals surface area contributed by atoms with Crippen molar-refractivity contribution in [1.82, 2.24) is 14.9 Å². The minimum absolute atomic E-state index is 0.219. The molecule has 0 amide bonds. The summed E-state index contributed by atoms with van der Waals surface area (Å²) < 4.78 is 6.01. The van der Waals surface area contributed by atoms with E-state index in [1.807, 2.05) is 18.2 Å². The van der Waals surface area contributed by atoms with Crippen molar-refractivity contribution < 1.29 is 4.74 Å². The second-order valence-electron chi connectivity index (χ2n) is 5.71. The number of piperidine rings is 1. The molecule has 0 saturated carbocycles. The summed E-state index contributed by atoms with van der Waals surface area (Å²) in [5, 5.41) is 1.18. The molecule has 0 spiro atoms. The van der Waals surface area contributed by atoms with E-state index in [1.54, 1.807) is 18.5 Å². The number of rotatable bonds is 5. The maximum Gasteiger partial charge on any atom is 0.0892 e. The molecule has 1 fully saturated rings. The number of aromatic nitrogens is 2. The van der Waals surface area contributed by atoms with Crippen LogP contribution >= 0.6 is 23.2 Å². The number of nitrogens with zero attached hydrogens (tertiary/aromatic N) is 3. The van der Waals surface area contributed by atoms with Gasteiger partial charge in [0.25, 0.3) is 0 Å². The van der Waals surface area contributed by atoms with E-state index in [1.165, 1.54) is 0 Å². The fraction of sp³-hybridized carbons (Fsp3) is 0.412. The van der Waals surface area contributed by atoms with Gasteiger partial charge in [-0.15, -0.1) is 0 Å². The monoisotopic (exact) mass is 351 g/mol. The first-order valence-corrected chi connectivity index (χ1v) is 8.50. The zero-order valence-electron chi connectivity index (χ0n) is 12.8. The average Bonchev–Trinajstić information content (AvgIpc) is 2.57. The van der Waals surface area contributed by atoms with Gasteiger partial charge in [0.15, 0.2) is 0 Å². The molecule has 1 unspecified atom stereocenters. The van der Waals surface area contributed by atoms with Gasteiger partial charge in [0.05, 0.1) is 34.1 Å². The second kappa shape index (κ2) is 8.06. The van der Waals surface area contributed by atoms with Gasteiger partial charge in [-0.05, 0) is 37.6 Å². The third-order valence-corrected chi connectivity index (χ3v) is 4.45. The number of likely N-dealkylation sites (tertiary alicyclic amines) is 1. The summed E-state index contributed by atoms with van der Waals surface area (Å²) in [6, 6.07) is 7.62. The van der Waals surface area contributed by atoms with Crippen LogP contribution in [0.4, 0.5) is 0 Å². The van der Waals surface area contributed by atoms with Crippen molar-refractivity contribution >= 4 is 23.2 Å². The summed E-state index contributed by atoms with van der Waals surface area (Å²) in [4.78, 5) is 11.0. The lowest BCUT2D eigenvalue weighted by Gasteiger charge is -2.32. The molecule has 0 bridgehead atoms. The molecule has 2 aromatic heterocycles. The van der Waals surface area contributed by atoms with Gasteiger partial charge in [0.1, 0.15) is 0 Å². The zero-order chi connectivity index (χ0) is 16.1. The first-order chi connectivity index (χ1) is 11.2. The number of hydrogen-bond acceptors (Lipinski definition) is 4. The Bertz CT molecular complexity index is 639. The molecule has 0 radical (unpaired) electrons. The molecule has 1 saturated heterocycles. The number of pyridine rings is 2. The van der Waals surface area contributed by atoms with Crippen LogP contribution in [0, 0.1) is 0 Å². The third-order valence-electron chi connectivity index (χ3n) is 3.91. The first kappa shape index (κ1) is 16.7. The zero-order valence-corrected chi connectivity index (χ0v) is 14.3. The lowest BCUT2D eigenvalue weighted by atomic mass is 10.1. The fourth-order valence-corrected chi connectivity index (χ4v) is 3.19. The summed E-state index contributed by atoms with van der Waals surface area (Å²) in [5.74, 6) is 0. The van der Waals surface area contributed by atoms with E-state index >= 15 is 0 Å². The lowest BCUT2D eigenvalue weighted by molar-refractivity contribution is -0.0135. The van der Waals surface area contributed by atoms with Gasteiger partial charge in [0.2, 0.25) is 0 Å². The van der Waals surface area contributed by atoms with Gasteiger partial charge in [-0.2, -0.15) is 0 Å². The van der Waals surface area contributed by atoms with Crippen LogP contribution in [0.25, 0.3) is 0 Å². The standard InChI is InChI=1S/C17H19Cl2N3O/c18-13-8-16(19)17(21-9-13)11-22-7-3-5-15(10-22)23-12-14-4-1-2-6-20-14/h1-2,4,6,8-9,15H,3,5,7,10-12H2. The van der Waals surface area contributed by atoms with Gasteiger partial charge in [-0.1, -0.05) is 29.3 Å². The Morgan fingerprint density at radius 3 is 2.96 bits per heavy atom. The predicted molar refractivity (Wildman–Crippen MR) is 91.6 cm³/mol. The molecule has 3 heterocycles. The molecule has 2 aromatic rings. The Labute approximate surface area is 146 Å². The SMILES string of the molecule is Clc1cnc(CN2CCCC(OCc3ccccn3)C2)c(Cl)c1. The summed E-state index contributed by atoms with van der Waals surface area (Å²) in [5.41, 5.74) is 1.83. The van der Waals surface area contributed by atoms with Crippen LogP contribution in [-0.4, -0.2) is 34.1 Å². The Morgan fingerprint density at radius 1 is 1.26 bits per heavy atom. The highest BCUT2D eigenvalue weighted by Gasteiger charge is 2.21. The molecule has 23 heavy (non-hydrogen) atoms. The van der Waals surface area contributed by atoms with Gasteiger partial charge in [-0.25, -0.2) is 0 Å². The van der Waals surface area contributed by atoms with Crippen LogP contribution in [0.5, 0.6) is 0 Å². The summed E-state index contributed by atoms with van der Waals surface area (Å²) in [7, 11) is 0. The minimum atomic E-state index is 0.219. The van der Waals surface area contributed by atoms with E-state index in [4.69, 9.17) is 27.9 Å². The van der Waals surface area contributed by atoms with E-state index in [-0.39, 0.29) is 6.10 Å². The van der Waals surface area contributed by atoms with E-state index in [9.17, 15) is 0 Å². The highest BCUT2D eigenvalue weighted by molar-refractivity contribution is 6.34. The highest BCUT2D eigenvalue weighted by atomic mass is 35.5. The molecular weight excluding hydrogens is 333 g/mol. The third kappa shape index (κ3) is 4.88. The van der Waals surface area contributed by atoms with Crippen LogP contribution < -0.4 is 0 Å². The minimum Gasteiger partial charge on any atom is -0.371 e. The van der Waals surface area contributed by atoms with Gasteiger partial charge >= 0.3 is 0 Å². The largest absolute Gasteiger partial charge is 0.371 e. The van der Waals surface area contributed by atoms with Crippen molar-refractivity contribution in [1.29, 1.82) is 0 Å². The van der Waals surface area contributed by atoms with Crippen molar-refractivity contribution in [3.05, 3.63) is 58.1 Å². The van der Waals surface area contributed by atoms with Crippen molar-refractivity contribution in [2.24, 2.45) is 0 Å². The average molecular weight is 352 g/mol. The molecule has 0 N–H and O–H groups in total. The van der Waals surface area contributed by atoms with Crippen LogP contribution in [-0.2, 0) is 17.9 Å². The topological polar surface area (TPSA) is 38.2 Å². The Balaban J connectivity index is 1.53. The maximum atomic E-state index is 6.21. The quantitative estimate of drug-likeness (QED) is 0.816. The Kier molecular flexibility index (Phi) is 5.84. The molecule has 4 nitrogen and oxygen atoms in total. The molecule has 1 atom stereocenters. The van der Waals surface area contributed by atoms with Crippen LogP contribution in [0.1, 0.15) is 24.2 Å². The summed E-state index contributed by atoms with van der Waals surface area (Å²) in [6.45, 7) is 3.19. The molecule has 1 aliphatic rings. The molecular formula is C17H19Cl2N3O. The Morgan fingerprint density at radius 2 is 2.17 bits per heavy atom. The highest BCUT2D eigenvalue weighted by Crippen LogP contribution is 2.22. The number of ether oxygens (including phenoxy) is 1. The van der Waals surface area contributed by atoms with Crippen molar-refractivity contribution in [3.63, 3.8) is 0 Å². The van der Waals surface area contributed by atoms with Crippen LogP contribution in [0.2, 0.25) is 10.0 Å². The smallest absolute Gasteiger partial charge is 0.0892 e. The normalized spacial score (nSPS) is 19.0. The van der Waals surface area contributed by atoms with E-state index in [2.05, 4.69) is 14.9 Å². The van der Waals surface area contributed by atoms with Crippen molar-refractivity contribution in [2.45, 2.75) is 32.1 Å². The van der Waals surface area contributed by atoms with E-state index in [0.29, 0.717) is 16.7 Å². The fourth-order valence-electron chi connectivity index (χ4n) is 2.75. The molecule has 1 aliphatic heterocycles. The Hall–Kier alpha value is -1.20. The number of halogens is 2.